The van der Waals surface area contributed by atoms with E-state index in [1.165, 1.54) is 12.8 Å². The summed E-state index contributed by atoms with van der Waals surface area (Å²) >= 11 is 0. The van der Waals surface area contributed by atoms with E-state index in [1.807, 2.05) is 13.8 Å². The molecular weight excluding hydrogens is 212 g/mol. The second-order valence-corrected chi connectivity index (χ2v) is 6.40. The molecule has 2 N–H and O–H groups in total. The zero-order valence-electron chi connectivity index (χ0n) is 9.62. The third-order valence-corrected chi connectivity index (χ3v) is 4.17. The zero-order chi connectivity index (χ0) is 11.3. The lowest BCUT2D eigenvalue weighted by atomic mass is 10.0. The Balaban J connectivity index is 2.28. The van der Waals surface area contributed by atoms with Crippen LogP contribution in [0.3, 0.4) is 0 Å². The first-order chi connectivity index (χ1) is 6.99. The molecule has 5 heteroatoms. The van der Waals surface area contributed by atoms with Crippen LogP contribution in [0, 0.1) is 0 Å². The number of rotatable bonds is 5. The van der Waals surface area contributed by atoms with Gasteiger partial charge in [-0.15, -0.1) is 0 Å². The van der Waals surface area contributed by atoms with Crippen molar-refractivity contribution in [2.45, 2.75) is 51.6 Å². The standard InChI is InChI=1S/C10H22N2O2S/c1-9(2)12-15(13,14)8-6-10-5-3-4-7-11-10/h9-12H,3-8H2,1-2H3. The lowest BCUT2D eigenvalue weighted by Gasteiger charge is -2.23. The highest BCUT2D eigenvalue weighted by molar-refractivity contribution is 7.89. The van der Waals surface area contributed by atoms with E-state index in [0.29, 0.717) is 6.04 Å². The van der Waals surface area contributed by atoms with Gasteiger partial charge in [-0.2, -0.15) is 0 Å². The highest BCUT2D eigenvalue weighted by Crippen LogP contribution is 2.10. The molecule has 1 aliphatic rings. The molecule has 1 saturated heterocycles. The quantitative estimate of drug-likeness (QED) is 0.741. The van der Waals surface area contributed by atoms with Crippen LogP contribution in [0.1, 0.15) is 39.5 Å². The molecule has 15 heavy (non-hydrogen) atoms. The average Bonchev–Trinajstić information content (AvgIpc) is 2.15. The summed E-state index contributed by atoms with van der Waals surface area (Å²) in [6.07, 6.45) is 4.27. The highest BCUT2D eigenvalue weighted by Gasteiger charge is 2.17. The van der Waals surface area contributed by atoms with E-state index in [0.717, 1.165) is 19.4 Å². The topological polar surface area (TPSA) is 58.2 Å². The Morgan fingerprint density at radius 1 is 1.40 bits per heavy atom. The van der Waals surface area contributed by atoms with Gasteiger partial charge >= 0.3 is 0 Å². The maximum Gasteiger partial charge on any atom is 0.211 e. The molecule has 0 spiro atoms. The van der Waals surface area contributed by atoms with Crippen molar-refractivity contribution in [1.82, 2.24) is 10.0 Å². The Kier molecular flexibility index (Phi) is 5.02. The molecule has 0 bridgehead atoms. The minimum atomic E-state index is -3.07. The van der Waals surface area contributed by atoms with Gasteiger partial charge in [0, 0.05) is 12.1 Å². The van der Waals surface area contributed by atoms with E-state index < -0.39 is 10.0 Å². The molecule has 1 fully saturated rings. The summed E-state index contributed by atoms with van der Waals surface area (Å²) in [6, 6.07) is 0.386. The fraction of sp³-hybridized carbons (Fsp3) is 1.00. The summed E-state index contributed by atoms with van der Waals surface area (Å²) in [5.74, 6) is 0.239. The summed E-state index contributed by atoms with van der Waals surface area (Å²) in [5.41, 5.74) is 0. The van der Waals surface area contributed by atoms with E-state index in [2.05, 4.69) is 10.0 Å². The number of nitrogens with one attached hydrogen (secondary N) is 2. The van der Waals surface area contributed by atoms with Crippen molar-refractivity contribution in [1.29, 1.82) is 0 Å². The summed E-state index contributed by atoms with van der Waals surface area (Å²) in [6.45, 7) is 4.72. The summed E-state index contributed by atoms with van der Waals surface area (Å²) in [5, 5.41) is 3.35. The number of piperidine rings is 1. The molecule has 4 nitrogen and oxygen atoms in total. The van der Waals surface area contributed by atoms with Gasteiger partial charge in [0.25, 0.3) is 0 Å². The van der Waals surface area contributed by atoms with Crippen molar-refractivity contribution in [2.24, 2.45) is 0 Å². The van der Waals surface area contributed by atoms with Crippen LogP contribution in [-0.4, -0.2) is 32.8 Å². The van der Waals surface area contributed by atoms with Crippen LogP contribution in [0.2, 0.25) is 0 Å². The summed E-state index contributed by atoms with van der Waals surface area (Å²) in [7, 11) is -3.07. The molecule has 1 unspecified atom stereocenters. The SMILES string of the molecule is CC(C)NS(=O)(=O)CCC1CCCCN1. The molecule has 1 rings (SSSR count). The molecule has 90 valence electrons. The predicted molar refractivity (Wildman–Crippen MR) is 62.3 cm³/mol. The van der Waals surface area contributed by atoms with Crippen molar-refractivity contribution in [3.05, 3.63) is 0 Å². The first-order valence-corrected chi connectivity index (χ1v) is 7.38. The van der Waals surface area contributed by atoms with Crippen LogP contribution in [0.4, 0.5) is 0 Å². The van der Waals surface area contributed by atoms with Crippen LogP contribution >= 0.6 is 0 Å². The number of hydrogen-bond donors (Lipinski definition) is 2. The van der Waals surface area contributed by atoms with E-state index in [4.69, 9.17) is 0 Å². The van der Waals surface area contributed by atoms with Gasteiger partial charge < -0.3 is 5.32 Å². The Bertz CT molecular complexity index is 269. The molecule has 0 radical (unpaired) electrons. The van der Waals surface area contributed by atoms with E-state index in [9.17, 15) is 8.42 Å². The van der Waals surface area contributed by atoms with E-state index >= 15 is 0 Å². The maximum absolute atomic E-state index is 11.5. The van der Waals surface area contributed by atoms with Gasteiger partial charge in [0.1, 0.15) is 0 Å². The molecule has 1 heterocycles. The largest absolute Gasteiger partial charge is 0.314 e. The fourth-order valence-electron chi connectivity index (χ4n) is 1.89. The zero-order valence-corrected chi connectivity index (χ0v) is 10.4. The van der Waals surface area contributed by atoms with E-state index in [-0.39, 0.29) is 11.8 Å². The van der Waals surface area contributed by atoms with Gasteiger partial charge in [0.15, 0.2) is 0 Å². The third kappa shape index (κ3) is 5.49. The highest BCUT2D eigenvalue weighted by atomic mass is 32.2. The van der Waals surface area contributed by atoms with Gasteiger partial charge in [-0.05, 0) is 39.7 Å². The Morgan fingerprint density at radius 3 is 2.67 bits per heavy atom. The van der Waals surface area contributed by atoms with Gasteiger partial charge in [0.2, 0.25) is 10.0 Å². The molecule has 1 atom stereocenters. The fourth-order valence-corrected chi connectivity index (χ4v) is 3.32. The van der Waals surface area contributed by atoms with Gasteiger partial charge in [-0.25, -0.2) is 13.1 Å². The van der Waals surface area contributed by atoms with Crippen molar-refractivity contribution < 1.29 is 8.42 Å². The molecule has 0 aromatic rings. The van der Waals surface area contributed by atoms with Crippen LogP contribution < -0.4 is 10.0 Å². The maximum atomic E-state index is 11.5. The predicted octanol–water partition coefficient (Wildman–Crippen LogP) is 0.846. The second-order valence-electron chi connectivity index (χ2n) is 4.53. The molecule has 0 aromatic heterocycles. The van der Waals surface area contributed by atoms with Crippen LogP contribution in [0.25, 0.3) is 0 Å². The Labute approximate surface area is 92.9 Å². The van der Waals surface area contributed by atoms with Gasteiger partial charge in [-0.3, -0.25) is 0 Å². The van der Waals surface area contributed by atoms with Crippen LogP contribution in [0.5, 0.6) is 0 Å². The van der Waals surface area contributed by atoms with Crippen molar-refractivity contribution >= 4 is 10.0 Å². The number of sulfonamides is 1. The average molecular weight is 234 g/mol. The lowest BCUT2D eigenvalue weighted by Crippen LogP contribution is -2.38. The lowest BCUT2D eigenvalue weighted by molar-refractivity contribution is 0.392. The molecular formula is C10H22N2O2S. The smallest absolute Gasteiger partial charge is 0.211 e. The third-order valence-electron chi connectivity index (χ3n) is 2.56. The normalized spacial score (nSPS) is 23.3. The number of hydrogen-bond acceptors (Lipinski definition) is 3. The minimum Gasteiger partial charge on any atom is -0.314 e. The molecule has 0 amide bonds. The summed E-state index contributed by atoms with van der Waals surface area (Å²) < 4.78 is 25.7. The van der Waals surface area contributed by atoms with Crippen molar-refractivity contribution in [3.63, 3.8) is 0 Å². The van der Waals surface area contributed by atoms with Crippen LogP contribution in [-0.2, 0) is 10.0 Å². The first kappa shape index (κ1) is 12.9. The van der Waals surface area contributed by atoms with Crippen LogP contribution in [0.15, 0.2) is 0 Å². The second kappa shape index (κ2) is 5.82. The molecule has 0 saturated carbocycles. The van der Waals surface area contributed by atoms with Gasteiger partial charge in [-0.1, -0.05) is 6.42 Å². The monoisotopic (exact) mass is 234 g/mol. The summed E-state index contributed by atoms with van der Waals surface area (Å²) in [4.78, 5) is 0. The van der Waals surface area contributed by atoms with Crippen molar-refractivity contribution in [3.8, 4) is 0 Å². The van der Waals surface area contributed by atoms with Crippen molar-refractivity contribution in [2.75, 3.05) is 12.3 Å². The first-order valence-electron chi connectivity index (χ1n) is 5.73. The van der Waals surface area contributed by atoms with E-state index in [1.54, 1.807) is 0 Å². The molecule has 0 aliphatic carbocycles. The Hall–Kier alpha value is -0.130. The Morgan fingerprint density at radius 2 is 2.13 bits per heavy atom. The van der Waals surface area contributed by atoms with Gasteiger partial charge in [0.05, 0.1) is 5.75 Å². The molecule has 1 aliphatic heterocycles. The minimum absolute atomic E-state index is 0.00526. The molecule has 0 aromatic carbocycles.